The van der Waals surface area contributed by atoms with Gasteiger partial charge in [0.1, 0.15) is 0 Å². The Morgan fingerprint density at radius 1 is 1.32 bits per heavy atom. The van der Waals surface area contributed by atoms with E-state index in [4.69, 9.17) is 0 Å². The van der Waals surface area contributed by atoms with Gasteiger partial charge in [-0.1, -0.05) is 25.5 Å². The van der Waals surface area contributed by atoms with E-state index in [9.17, 15) is 19.5 Å². The van der Waals surface area contributed by atoms with Crippen molar-refractivity contribution in [2.75, 3.05) is 11.4 Å². The molecule has 0 N–H and O–H groups in total. The third kappa shape index (κ3) is 1.76. The largest absolute Gasteiger partial charge is 0.545 e. The first-order chi connectivity index (χ1) is 10.5. The van der Waals surface area contributed by atoms with Crippen LogP contribution in [0.3, 0.4) is 0 Å². The van der Waals surface area contributed by atoms with Crippen molar-refractivity contribution in [2.45, 2.75) is 38.3 Å². The van der Waals surface area contributed by atoms with E-state index >= 15 is 0 Å². The van der Waals surface area contributed by atoms with Gasteiger partial charge in [-0.2, -0.15) is 0 Å². The quantitative estimate of drug-likeness (QED) is 0.812. The van der Waals surface area contributed by atoms with Crippen LogP contribution < -0.4 is 10.0 Å². The van der Waals surface area contributed by atoms with Crippen LogP contribution in [-0.2, 0) is 9.59 Å². The Hall–Kier alpha value is -2.37. The number of anilines is 1. The van der Waals surface area contributed by atoms with E-state index in [0.29, 0.717) is 24.2 Å². The highest BCUT2D eigenvalue weighted by Crippen LogP contribution is 2.44. The standard InChI is InChI=1S/C16H18N2O4/c1-2-3-10-17-14(20)11-6-4-5-7-12(11)18-13(19)8-9-16(17,18)15(21)22/h4-7H,2-3,8-10H2,1H3,(H,21,22)/p-1/t16-/m1/s1. The summed E-state index contributed by atoms with van der Waals surface area (Å²) in [7, 11) is 0. The number of carbonyl (C=O) groups is 3. The van der Waals surface area contributed by atoms with Crippen LogP contribution in [0.2, 0.25) is 0 Å². The van der Waals surface area contributed by atoms with Crippen LogP contribution in [0.25, 0.3) is 0 Å². The van der Waals surface area contributed by atoms with Crippen molar-refractivity contribution in [3.63, 3.8) is 0 Å². The van der Waals surface area contributed by atoms with Gasteiger partial charge in [0, 0.05) is 19.4 Å². The topological polar surface area (TPSA) is 80.8 Å². The Balaban J connectivity index is 2.21. The molecule has 22 heavy (non-hydrogen) atoms. The first-order valence-corrected chi connectivity index (χ1v) is 7.49. The molecule has 2 aliphatic rings. The zero-order valence-corrected chi connectivity index (χ0v) is 12.4. The van der Waals surface area contributed by atoms with Crippen molar-refractivity contribution in [1.29, 1.82) is 0 Å². The van der Waals surface area contributed by atoms with E-state index in [1.54, 1.807) is 24.3 Å². The molecule has 2 aliphatic heterocycles. The maximum Gasteiger partial charge on any atom is 0.258 e. The van der Waals surface area contributed by atoms with Gasteiger partial charge in [0.15, 0.2) is 5.66 Å². The number of amides is 2. The van der Waals surface area contributed by atoms with Crippen LogP contribution in [0.5, 0.6) is 0 Å². The van der Waals surface area contributed by atoms with Crippen LogP contribution in [-0.4, -0.2) is 34.9 Å². The van der Waals surface area contributed by atoms with Crippen LogP contribution in [0, 0.1) is 0 Å². The molecular formula is C16H17N2O4-. The number of hydrogen-bond donors (Lipinski definition) is 0. The van der Waals surface area contributed by atoms with Crippen LogP contribution in [0.1, 0.15) is 43.0 Å². The molecule has 1 atom stereocenters. The van der Waals surface area contributed by atoms with Crippen molar-refractivity contribution in [1.82, 2.24) is 4.90 Å². The molecule has 0 aliphatic carbocycles. The van der Waals surface area contributed by atoms with Crippen molar-refractivity contribution in [3.8, 4) is 0 Å². The molecule has 1 saturated heterocycles. The monoisotopic (exact) mass is 301 g/mol. The van der Waals surface area contributed by atoms with Crippen molar-refractivity contribution < 1.29 is 19.5 Å². The van der Waals surface area contributed by atoms with Crippen molar-refractivity contribution in [2.24, 2.45) is 0 Å². The molecule has 1 fully saturated rings. The minimum Gasteiger partial charge on any atom is -0.545 e. The number of rotatable bonds is 4. The summed E-state index contributed by atoms with van der Waals surface area (Å²) in [6.07, 6.45) is 1.66. The van der Waals surface area contributed by atoms with Gasteiger partial charge in [-0.05, 0) is 18.6 Å². The van der Waals surface area contributed by atoms with E-state index in [0.717, 1.165) is 6.42 Å². The van der Waals surface area contributed by atoms with Gasteiger partial charge in [-0.15, -0.1) is 0 Å². The molecule has 0 saturated carbocycles. The Morgan fingerprint density at radius 2 is 2.05 bits per heavy atom. The molecular weight excluding hydrogens is 284 g/mol. The normalized spacial score (nSPS) is 23.5. The molecule has 0 aromatic heterocycles. The number of fused-ring (bicyclic) bond motifs is 3. The Morgan fingerprint density at radius 3 is 2.73 bits per heavy atom. The molecule has 0 bridgehead atoms. The van der Waals surface area contributed by atoms with E-state index in [1.165, 1.54) is 9.80 Å². The molecule has 1 aromatic carbocycles. The van der Waals surface area contributed by atoms with Gasteiger partial charge in [0.2, 0.25) is 5.91 Å². The zero-order chi connectivity index (χ0) is 15.9. The lowest BCUT2D eigenvalue weighted by Gasteiger charge is -2.51. The second kappa shape index (κ2) is 5.12. The highest BCUT2D eigenvalue weighted by Gasteiger charge is 2.56. The number of aliphatic carboxylic acids is 1. The number of carboxylic acids is 1. The van der Waals surface area contributed by atoms with Crippen LogP contribution in [0.15, 0.2) is 24.3 Å². The third-order valence-corrected chi connectivity index (χ3v) is 4.44. The maximum atomic E-state index is 12.8. The average Bonchev–Trinajstić information content (AvgIpc) is 2.86. The fourth-order valence-electron chi connectivity index (χ4n) is 3.37. The highest BCUT2D eigenvalue weighted by atomic mass is 16.4. The number of carboxylic acid groups (broad SMARTS) is 1. The van der Waals surface area contributed by atoms with Gasteiger partial charge < -0.3 is 14.8 Å². The van der Waals surface area contributed by atoms with Crippen molar-refractivity contribution in [3.05, 3.63) is 29.8 Å². The average molecular weight is 301 g/mol. The number of benzene rings is 1. The molecule has 2 amide bonds. The van der Waals surface area contributed by atoms with Gasteiger partial charge in [0.25, 0.3) is 5.91 Å². The predicted octanol–water partition coefficient (Wildman–Crippen LogP) is 0.515. The lowest BCUT2D eigenvalue weighted by molar-refractivity contribution is -0.318. The summed E-state index contributed by atoms with van der Waals surface area (Å²) in [6, 6.07) is 6.65. The molecule has 6 nitrogen and oxygen atoms in total. The molecule has 0 unspecified atom stereocenters. The van der Waals surface area contributed by atoms with Crippen LogP contribution in [0.4, 0.5) is 5.69 Å². The number of hydrogen-bond acceptors (Lipinski definition) is 4. The minimum atomic E-state index is -1.68. The summed E-state index contributed by atoms with van der Waals surface area (Å²) < 4.78 is 0. The van der Waals surface area contributed by atoms with Crippen molar-refractivity contribution >= 4 is 23.5 Å². The van der Waals surface area contributed by atoms with E-state index in [2.05, 4.69) is 0 Å². The third-order valence-electron chi connectivity index (χ3n) is 4.44. The fraction of sp³-hybridized carbons (Fsp3) is 0.438. The number of carbonyl (C=O) groups excluding carboxylic acids is 3. The maximum absolute atomic E-state index is 12.8. The number of para-hydroxylation sites is 1. The lowest BCUT2D eigenvalue weighted by Crippen LogP contribution is -2.71. The highest BCUT2D eigenvalue weighted by molar-refractivity contribution is 6.15. The molecule has 1 aromatic rings. The Kier molecular flexibility index (Phi) is 3.39. The Labute approximate surface area is 128 Å². The molecule has 0 radical (unpaired) electrons. The lowest BCUT2D eigenvalue weighted by atomic mass is 9.96. The van der Waals surface area contributed by atoms with Gasteiger partial charge in [-0.3, -0.25) is 14.5 Å². The van der Waals surface area contributed by atoms with E-state index in [1.807, 2.05) is 6.92 Å². The summed E-state index contributed by atoms with van der Waals surface area (Å²) >= 11 is 0. The summed E-state index contributed by atoms with van der Waals surface area (Å²) in [5.41, 5.74) is -0.949. The summed E-state index contributed by atoms with van der Waals surface area (Å²) in [6.45, 7) is 2.26. The van der Waals surface area contributed by atoms with Gasteiger partial charge in [0.05, 0.1) is 17.2 Å². The molecule has 116 valence electrons. The van der Waals surface area contributed by atoms with Crippen LogP contribution >= 0.6 is 0 Å². The summed E-state index contributed by atoms with van der Waals surface area (Å²) in [4.78, 5) is 39.6. The molecule has 0 spiro atoms. The summed E-state index contributed by atoms with van der Waals surface area (Å²) in [5.74, 6) is -2.03. The minimum absolute atomic E-state index is 0.0674. The van der Waals surface area contributed by atoms with E-state index in [-0.39, 0.29) is 24.7 Å². The predicted molar refractivity (Wildman–Crippen MR) is 76.8 cm³/mol. The second-order valence-corrected chi connectivity index (χ2v) is 5.66. The number of nitrogens with zero attached hydrogens (tertiary/aromatic N) is 2. The molecule has 2 heterocycles. The number of unbranched alkanes of at least 4 members (excludes halogenated alkanes) is 1. The fourth-order valence-corrected chi connectivity index (χ4v) is 3.37. The van der Waals surface area contributed by atoms with Gasteiger partial charge >= 0.3 is 0 Å². The second-order valence-electron chi connectivity index (χ2n) is 5.66. The first-order valence-electron chi connectivity index (χ1n) is 7.49. The smallest absolute Gasteiger partial charge is 0.258 e. The Bertz CT molecular complexity index is 657. The van der Waals surface area contributed by atoms with E-state index < -0.39 is 11.6 Å². The molecule has 3 rings (SSSR count). The zero-order valence-electron chi connectivity index (χ0n) is 12.4. The molecule has 6 heteroatoms. The van der Waals surface area contributed by atoms with Gasteiger partial charge in [-0.25, -0.2) is 0 Å². The summed E-state index contributed by atoms with van der Waals surface area (Å²) in [5, 5.41) is 11.9. The first kappa shape index (κ1) is 14.6. The SMILES string of the molecule is CCCCN1C(=O)c2ccccc2N2C(=O)CC[C@@]12C(=O)[O-].